The zero-order valence-corrected chi connectivity index (χ0v) is 8.73. The maximum absolute atomic E-state index is 9.24. The molecule has 2 unspecified atom stereocenters. The van der Waals surface area contributed by atoms with E-state index in [9.17, 15) is 5.11 Å². The van der Waals surface area contributed by atoms with Crippen LogP contribution < -0.4 is 0 Å². The topological polar surface area (TPSA) is 52.9 Å². The predicted octanol–water partition coefficient (Wildman–Crippen LogP) is -0.304. The van der Waals surface area contributed by atoms with E-state index in [4.69, 9.17) is 9.84 Å². The van der Waals surface area contributed by atoms with Crippen LogP contribution in [0.5, 0.6) is 0 Å². The molecule has 13 heavy (non-hydrogen) atoms. The van der Waals surface area contributed by atoms with Crippen molar-refractivity contribution in [2.24, 2.45) is 0 Å². The third-order valence-corrected chi connectivity index (χ3v) is 2.09. The number of hydrogen-bond donors (Lipinski definition) is 2. The fourth-order valence-corrected chi connectivity index (χ4v) is 1.30. The predicted molar refractivity (Wildman–Crippen MR) is 51.7 cm³/mol. The number of likely N-dealkylation sites (N-methyl/N-ethyl adjacent to an activating group) is 1. The molecule has 0 aliphatic rings. The molecule has 0 bridgehead atoms. The van der Waals surface area contributed by atoms with Crippen LogP contribution in [0.3, 0.4) is 0 Å². The number of aliphatic hydroxyl groups is 2. The molecule has 0 fully saturated rings. The SMILES string of the molecule is CCN(CC(O)CO)C(C)COC. The second-order valence-electron chi connectivity index (χ2n) is 3.23. The quantitative estimate of drug-likeness (QED) is 0.580. The van der Waals surface area contributed by atoms with Gasteiger partial charge in [-0.25, -0.2) is 0 Å². The molecule has 0 spiro atoms. The number of rotatable bonds is 7. The average molecular weight is 191 g/mol. The lowest BCUT2D eigenvalue weighted by atomic mass is 10.2. The highest BCUT2D eigenvalue weighted by atomic mass is 16.5. The maximum atomic E-state index is 9.24. The summed E-state index contributed by atoms with van der Waals surface area (Å²) in [7, 11) is 1.66. The monoisotopic (exact) mass is 191 g/mol. The molecule has 0 amide bonds. The summed E-state index contributed by atoms with van der Waals surface area (Å²) < 4.78 is 5.02. The van der Waals surface area contributed by atoms with Gasteiger partial charge in [0, 0.05) is 19.7 Å². The molecular weight excluding hydrogens is 170 g/mol. The Balaban J connectivity index is 3.86. The van der Waals surface area contributed by atoms with Crippen LogP contribution in [0.1, 0.15) is 13.8 Å². The van der Waals surface area contributed by atoms with Crippen LogP contribution in [0.2, 0.25) is 0 Å². The van der Waals surface area contributed by atoms with Crippen molar-refractivity contribution >= 4 is 0 Å². The Morgan fingerprint density at radius 2 is 2.08 bits per heavy atom. The van der Waals surface area contributed by atoms with Crippen molar-refractivity contribution in [1.29, 1.82) is 0 Å². The van der Waals surface area contributed by atoms with Gasteiger partial charge in [0.15, 0.2) is 0 Å². The number of ether oxygens (including phenoxy) is 1. The minimum Gasteiger partial charge on any atom is -0.394 e. The van der Waals surface area contributed by atoms with Gasteiger partial charge in [0.25, 0.3) is 0 Å². The smallest absolute Gasteiger partial charge is 0.0897 e. The summed E-state index contributed by atoms with van der Waals surface area (Å²) in [5.74, 6) is 0. The van der Waals surface area contributed by atoms with E-state index < -0.39 is 6.10 Å². The number of aliphatic hydroxyl groups excluding tert-OH is 2. The normalized spacial score (nSPS) is 16.2. The zero-order chi connectivity index (χ0) is 10.3. The van der Waals surface area contributed by atoms with E-state index in [1.165, 1.54) is 0 Å². The molecule has 0 aliphatic carbocycles. The maximum Gasteiger partial charge on any atom is 0.0897 e. The van der Waals surface area contributed by atoms with Crippen molar-refractivity contribution in [3.05, 3.63) is 0 Å². The lowest BCUT2D eigenvalue weighted by molar-refractivity contribution is 0.0312. The molecule has 0 radical (unpaired) electrons. The Kier molecular flexibility index (Phi) is 7.17. The molecule has 0 heterocycles. The van der Waals surface area contributed by atoms with E-state index in [0.717, 1.165) is 6.54 Å². The van der Waals surface area contributed by atoms with Crippen LogP contribution in [-0.4, -0.2) is 60.7 Å². The Bertz CT molecular complexity index is 121. The van der Waals surface area contributed by atoms with Gasteiger partial charge < -0.3 is 14.9 Å². The van der Waals surface area contributed by atoms with Crippen LogP contribution in [0.4, 0.5) is 0 Å². The van der Waals surface area contributed by atoms with E-state index in [-0.39, 0.29) is 12.6 Å². The first-order chi connectivity index (χ1) is 6.15. The standard InChI is InChI=1S/C9H21NO3/c1-4-10(5-9(12)6-11)8(2)7-13-3/h8-9,11-12H,4-7H2,1-3H3. The first kappa shape index (κ1) is 12.8. The molecule has 0 aromatic heterocycles. The minimum atomic E-state index is -0.653. The molecule has 0 saturated carbocycles. The van der Waals surface area contributed by atoms with Gasteiger partial charge in [-0.3, -0.25) is 4.90 Å². The highest BCUT2D eigenvalue weighted by molar-refractivity contribution is 4.68. The fourth-order valence-electron chi connectivity index (χ4n) is 1.30. The van der Waals surface area contributed by atoms with Crippen LogP contribution in [-0.2, 0) is 4.74 Å². The van der Waals surface area contributed by atoms with Gasteiger partial charge in [-0.15, -0.1) is 0 Å². The van der Waals surface area contributed by atoms with Gasteiger partial charge >= 0.3 is 0 Å². The van der Waals surface area contributed by atoms with Gasteiger partial charge in [0.1, 0.15) is 0 Å². The van der Waals surface area contributed by atoms with Gasteiger partial charge in [0.05, 0.1) is 19.3 Å². The van der Waals surface area contributed by atoms with E-state index in [1.54, 1.807) is 7.11 Å². The van der Waals surface area contributed by atoms with Crippen LogP contribution in [0.15, 0.2) is 0 Å². The molecular formula is C9H21NO3. The molecule has 0 aromatic carbocycles. The van der Waals surface area contributed by atoms with Crippen molar-refractivity contribution in [3.8, 4) is 0 Å². The first-order valence-electron chi connectivity index (χ1n) is 4.67. The molecule has 80 valence electrons. The third kappa shape index (κ3) is 5.21. The lowest BCUT2D eigenvalue weighted by Crippen LogP contribution is -2.42. The second-order valence-corrected chi connectivity index (χ2v) is 3.23. The fraction of sp³-hybridized carbons (Fsp3) is 1.00. The van der Waals surface area contributed by atoms with E-state index in [1.807, 2.05) is 13.8 Å². The van der Waals surface area contributed by atoms with Gasteiger partial charge in [0.2, 0.25) is 0 Å². The van der Waals surface area contributed by atoms with Crippen molar-refractivity contribution in [3.63, 3.8) is 0 Å². The number of hydrogen-bond acceptors (Lipinski definition) is 4. The Morgan fingerprint density at radius 3 is 2.46 bits per heavy atom. The summed E-state index contributed by atoms with van der Waals surface area (Å²) in [6.07, 6.45) is -0.653. The third-order valence-electron chi connectivity index (χ3n) is 2.09. The summed E-state index contributed by atoms with van der Waals surface area (Å²) in [5.41, 5.74) is 0. The number of methoxy groups -OCH3 is 1. The molecule has 0 rings (SSSR count). The van der Waals surface area contributed by atoms with Crippen molar-refractivity contribution in [1.82, 2.24) is 4.90 Å². The van der Waals surface area contributed by atoms with Crippen molar-refractivity contribution < 1.29 is 14.9 Å². The molecule has 0 saturated heterocycles. The summed E-state index contributed by atoms with van der Waals surface area (Å²) >= 11 is 0. The van der Waals surface area contributed by atoms with Gasteiger partial charge in [-0.2, -0.15) is 0 Å². The Hall–Kier alpha value is -0.160. The van der Waals surface area contributed by atoms with Crippen LogP contribution >= 0.6 is 0 Å². The largest absolute Gasteiger partial charge is 0.394 e. The van der Waals surface area contributed by atoms with Gasteiger partial charge in [-0.05, 0) is 13.5 Å². The average Bonchev–Trinajstić information content (AvgIpc) is 2.14. The highest BCUT2D eigenvalue weighted by Crippen LogP contribution is 2.00. The summed E-state index contributed by atoms with van der Waals surface area (Å²) in [4.78, 5) is 2.07. The first-order valence-corrected chi connectivity index (χ1v) is 4.67. The van der Waals surface area contributed by atoms with Crippen molar-refractivity contribution in [2.45, 2.75) is 26.0 Å². The molecule has 0 aromatic rings. The number of nitrogens with zero attached hydrogens (tertiary/aromatic N) is 1. The molecule has 0 aliphatic heterocycles. The summed E-state index contributed by atoms with van der Waals surface area (Å²) in [5, 5.41) is 17.9. The van der Waals surface area contributed by atoms with Gasteiger partial charge in [-0.1, -0.05) is 6.92 Å². The van der Waals surface area contributed by atoms with Crippen LogP contribution in [0.25, 0.3) is 0 Å². The minimum absolute atomic E-state index is 0.184. The summed E-state index contributed by atoms with van der Waals surface area (Å²) in [6.45, 7) is 5.87. The van der Waals surface area contributed by atoms with Crippen molar-refractivity contribution in [2.75, 3.05) is 33.4 Å². The van der Waals surface area contributed by atoms with E-state index >= 15 is 0 Å². The molecule has 4 heteroatoms. The van der Waals surface area contributed by atoms with E-state index in [0.29, 0.717) is 13.2 Å². The van der Waals surface area contributed by atoms with E-state index in [2.05, 4.69) is 4.90 Å². The molecule has 2 atom stereocenters. The van der Waals surface area contributed by atoms with Crippen LogP contribution in [0, 0.1) is 0 Å². The zero-order valence-electron chi connectivity index (χ0n) is 8.73. The Labute approximate surface area is 80.1 Å². The molecule has 2 N–H and O–H groups in total. The second kappa shape index (κ2) is 7.26. The summed E-state index contributed by atoms with van der Waals surface area (Å²) in [6, 6.07) is 0.274. The highest BCUT2D eigenvalue weighted by Gasteiger charge is 2.14. The lowest BCUT2D eigenvalue weighted by Gasteiger charge is -2.28. The Morgan fingerprint density at radius 1 is 1.46 bits per heavy atom. The molecule has 4 nitrogen and oxygen atoms in total.